The van der Waals surface area contributed by atoms with Crippen LogP contribution in [0.25, 0.3) is 0 Å². The Labute approximate surface area is 135 Å². The van der Waals surface area contributed by atoms with E-state index in [1.165, 1.54) is 56.9 Å². The van der Waals surface area contributed by atoms with Crippen LogP contribution < -0.4 is 0 Å². The first-order valence-electron chi connectivity index (χ1n) is 9.27. The smallest absolute Gasteiger partial charge is 0.0289 e. The highest BCUT2D eigenvalue weighted by molar-refractivity contribution is 5.08. The molecule has 0 saturated carbocycles. The van der Waals surface area contributed by atoms with Gasteiger partial charge in [0.2, 0.25) is 0 Å². The molecule has 1 radical (unpaired) electrons. The summed E-state index contributed by atoms with van der Waals surface area (Å²) in [5, 5.41) is 0. The molecule has 0 aromatic heterocycles. The third-order valence-electron chi connectivity index (χ3n) is 4.75. The van der Waals surface area contributed by atoms with Crippen LogP contribution in [-0.2, 0) is 0 Å². The standard InChI is InChI=1S/C21H41/c1-17(2)11-8-12-19(5)13-9-14-20(6)15-10-16-21(7)18(3)4/h10,17,19-20H,8-9,11-16H2,1-7H3/t19-,20-/m1/s1. The van der Waals surface area contributed by atoms with Crippen molar-refractivity contribution >= 4 is 0 Å². The third-order valence-corrected chi connectivity index (χ3v) is 4.75. The summed E-state index contributed by atoms with van der Waals surface area (Å²) in [5.41, 5.74) is 3.02. The molecule has 0 N–H and O–H groups in total. The molecular weight excluding hydrogens is 252 g/mol. The van der Waals surface area contributed by atoms with E-state index in [2.05, 4.69) is 54.9 Å². The van der Waals surface area contributed by atoms with Gasteiger partial charge >= 0.3 is 0 Å². The van der Waals surface area contributed by atoms with Gasteiger partial charge < -0.3 is 0 Å². The van der Waals surface area contributed by atoms with Crippen molar-refractivity contribution in [3.63, 3.8) is 0 Å². The maximum atomic E-state index is 2.49. The molecule has 0 aliphatic carbocycles. The minimum atomic E-state index is 0.859. The van der Waals surface area contributed by atoms with Crippen LogP contribution >= 0.6 is 0 Å². The molecule has 125 valence electrons. The lowest BCUT2D eigenvalue weighted by Crippen LogP contribution is -2.00. The average molecular weight is 294 g/mol. The third kappa shape index (κ3) is 13.1. The van der Waals surface area contributed by atoms with Gasteiger partial charge in [0.25, 0.3) is 0 Å². The van der Waals surface area contributed by atoms with Gasteiger partial charge in [-0.2, -0.15) is 0 Å². The van der Waals surface area contributed by atoms with Crippen LogP contribution in [0, 0.1) is 24.2 Å². The molecule has 21 heavy (non-hydrogen) atoms. The summed E-state index contributed by atoms with van der Waals surface area (Å²) in [6, 6.07) is 0. The van der Waals surface area contributed by atoms with Crippen molar-refractivity contribution in [1.82, 2.24) is 0 Å². The van der Waals surface area contributed by atoms with Crippen LogP contribution in [0.3, 0.4) is 0 Å². The molecule has 0 aliphatic rings. The Morgan fingerprint density at radius 2 is 1.29 bits per heavy atom. The fourth-order valence-corrected chi connectivity index (χ4v) is 2.74. The van der Waals surface area contributed by atoms with Crippen molar-refractivity contribution in [3.8, 4) is 0 Å². The molecular formula is C21H41. The van der Waals surface area contributed by atoms with Gasteiger partial charge in [-0.15, -0.1) is 0 Å². The summed E-state index contributed by atoms with van der Waals surface area (Å²) in [4.78, 5) is 0. The maximum absolute atomic E-state index is 2.49. The van der Waals surface area contributed by atoms with E-state index in [0.717, 1.165) is 17.8 Å². The number of allylic oxidation sites excluding steroid dienone is 2. The number of hydrogen-bond acceptors (Lipinski definition) is 0. The summed E-state index contributed by atoms with van der Waals surface area (Å²) >= 11 is 0. The fraction of sp³-hybridized carbons (Fsp3) is 0.857. The highest BCUT2D eigenvalue weighted by Crippen LogP contribution is 2.22. The van der Waals surface area contributed by atoms with E-state index >= 15 is 0 Å². The molecule has 0 heteroatoms. The fourth-order valence-electron chi connectivity index (χ4n) is 2.74. The molecule has 2 atom stereocenters. The van der Waals surface area contributed by atoms with Crippen molar-refractivity contribution in [3.05, 3.63) is 17.6 Å². The van der Waals surface area contributed by atoms with Gasteiger partial charge in [-0.05, 0) is 57.8 Å². The molecule has 0 fully saturated rings. The minimum Gasteiger partial charge on any atom is -0.0775 e. The second-order valence-electron chi connectivity index (χ2n) is 7.97. The molecule has 0 amide bonds. The SMILES string of the molecule is CC(C)=C(C)C[CH]C[C@H](C)CCC[C@H](C)CCCC(C)C. The number of hydrogen-bond donors (Lipinski definition) is 0. The van der Waals surface area contributed by atoms with E-state index in [-0.39, 0.29) is 0 Å². The lowest BCUT2D eigenvalue weighted by Gasteiger charge is -2.15. The van der Waals surface area contributed by atoms with Crippen LogP contribution in [-0.4, -0.2) is 0 Å². The molecule has 0 heterocycles. The summed E-state index contributed by atoms with van der Waals surface area (Å²) in [6.07, 6.45) is 13.4. The Morgan fingerprint density at radius 3 is 1.81 bits per heavy atom. The van der Waals surface area contributed by atoms with Crippen LogP contribution in [0.4, 0.5) is 0 Å². The van der Waals surface area contributed by atoms with Gasteiger partial charge in [0.1, 0.15) is 0 Å². The van der Waals surface area contributed by atoms with Gasteiger partial charge in [-0.25, -0.2) is 0 Å². The van der Waals surface area contributed by atoms with Gasteiger partial charge in [-0.3, -0.25) is 0 Å². The Hall–Kier alpha value is -0.260. The Morgan fingerprint density at radius 1 is 0.762 bits per heavy atom. The van der Waals surface area contributed by atoms with Crippen molar-refractivity contribution in [2.45, 2.75) is 99.8 Å². The molecule has 0 saturated heterocycles. The van der Waals surface area contributed by atoms with Crippen LogP contribution in [0.1, 0.15) is 99.8 Å². The van der Waals surface area contributed by atoms with Gasteiger partial charge in [0, 0.05) is 0 Å². The Balaban J connectivity index is 3.56. The minimum absolute atomic E-state index is 0.859. The van der Waals surface area contributed by atoms with Crippen molar-refractivity contribution in [2.75, 3.05) is 0 Å². The van der Waals surface area contributed by atoms with Gasteiger partial charge in [-0.1, -0.05) is 77.4 Å². The maximum Gasteiger partial charge on any atom is -0.0289 e. The van der Waals surface area contributed by atoms with Crippen LogP contribution in [0.5, 0.6) is 0 Å². The predicted molar refractivity (Wildman–Crippen MR) is 98.5 cm³/mol. The Kier molecular flexibility index (Phi) is 12.1. The summed E-state index contributed by atoms with van der Waals surface area (Å²) in [7, 11) is 0. The summed E-state index contributed by atoms with van der Waals surface area (Å²) < 4.78 is 0. The molecule has 0 unspecified atom stereocenters. The first kappa shape index (κ1) is 20.7. The van der Waals surface area contributed by atoms with E-state index in [1.54, 1.807) is 5.57 Å². The van der Waals surface area contributed by atoms with Crippen molar-refractivity contribution < 1.29 is 0 Å². The molecule has 0 aliphatic heterocycles. The zero-order valence-corrected chi connectivity index (χ0v) is 16.0. The van der Waals surface area contributed by atoms with Crippen LogP contribution in [0.15, 0.2) is 11.1 Å². The highest BCUT2D eigenvalue weighted by atomic mass is 14.1. The van der Waals surface area contributed by atoms with E-state index in [1.807, 2.05) is 0 Å². The van der Waals surface area contributed by atoms with E-state index in [4.69, 9.17) is 0 Å². The lowest BCUT2D eigenvalue weighted by atomic mass is 9.91. The molecule has 0 nitrogen and oxygen atoms in total. The first-order chi connectivity index (χ1) is 9.82. The van der Waals surface area contributed by atoms with Gasteiger partial charge in [0.05, 0.1) is 0 Å². The topological polar surface area (TPSA) is 0 Å². The second kappa shape index (κ2) is 12.3. The summed E-state index contributed by atoms with van der Waals surface area (Å²) in [6.45, 7) is 16.2. The summed E-state index contributed by atoms with van der Waals surface area (Å²) in [5.74, 6) is 2.66. The van der Waals surface area contributed by atoms with E-state index in [0.29, 0.717) is 0 Å². The predicted octanol–water partition coefficient (Wildman–Crippen LogP) is 7.60. The molecule has 0 spiro atoms. The number of rotatable bonds is 12. The van der Waals surface area contributed by atoms with E-state index < -0.39 is 0 Å². The second-order valence-corrected chi connectivity index (χ2v) is 7.97. The monoisotopic (exact) mass is 293 g/mol. The highest BCUT2D eigenvalue weighted by Gasteiger charge is 2.06. The molecule has 0 aromatic carbocycles. The van der Waals surface area contributed by atoms with E-state index in [9.17, 15) is 0 Å². The first-order valence-corrected chi connectivity index (χ1v) is 9.27. The zero-order valence-electron chi connectivity index (χ0n) is 16.0. The largest absolute Gasteiger partial charge is 0.0775 e. The average Bonchev–Trinajstić information content (AvgIpc) is 2.37. The van der Waals surface area contributed by atoms with Crippen molar-refractivity contribution in [1.29, 1.82) is 0 Å². The van der Waals surface area contributed by atoms with Crippen molar-refractivity contribution in [2.24, 2.45) is 17.8 Å². The molecule has 0 aromatic rings. The molecule has 0 bridgehead atoms. The molecule has 0 rings (SSSR count). The van der Waals surface area contributed by atoms with Crippen LogP contribution in [0.2, 0.25) is 0 Å². The zero-order chi connectivity index (χ0) is 16.3. The Bertz CT molecular complexity index is 268. The lowest BCUT2D eigenvalue weighted by molar-refractivity contribution is 0.398. The quantitative estimate of drug-likeness (QED) is 0.325. The van der Waals surface area contributed by atoms with Gasteiger partial charge in [0.15, 0.2) is 0 Å². The normalized spacial score (nSPS) is 14.3.